The molecule has 0 aliphatic rings. The fraction of sp³-hybridized carbons (Fsp3) is 0.542. The lowest BCUT2D eigenvalue weighted by Gasteiger charge is -2.27. The van der Waals surface area contributed by atoms with Crippen LogP contribution in [-0.2, 0) is 30.4 Å². The third-order valence-corrected chi connectivity index (χ3v) is 6.04. The van der Waals surface area contributed by atoms with E-state index in [1.54, 1.807) is 44.2 Å². The van der Waals surface area contributed by atoms with E-state index in [0.29, 0.717) is 5.75 Å². The van der Waals surface area contributed by atoms with Gasteiger partial charge in [-0.15, -0.1) is 0 Å². The van der Waals surface area contributed by atoms with Crippen molar-refractivity contribution < 1.29 is 34.2 Å². The number of rotatable bonds is 16. The van der Waals surface area contributed by atoms with Crippen molar-refractivity contribution in [2.24, 2.45) is 11.7 Å². The highest BCUT2D eigenvalue weighted by Gasteiger charge is 2.32. The molecule has 1 aromatic rings. The van der Waals surface area contributed by atoms with Gasteiger partial charge in [0, 0.05) is 12.8 Å². The van der Waals surface area contributed by atoms with Crippen LogP contribution in [-0.4, -0.2) is 76.0 Å². The maximum absolute atomic E-state index is 13.2. The van der Waals surface area contributed by atoms with Gasteiger partial charge in [-0.25, -0.2) is 4.79 Å². The van der Waals surface area contributed by atoms with E-state index in [9.17, 15) is 29.1 Å². The van der Waals surface area contributed by atoms with Crippen molar-refractivity contribution in [2.45, 2.75) is 63.7 Å². The zero-order valence-electron chi connectivity index (χ0n) is 20.7. The van der Waals surface area contributed by atoms with E-state index in [0.717, 1.165) is 5.56 Å². The first-order valence-corrected chi connectivity index (χ1v) is 13.0. The second kappa shape index (κ2) is 15.8. The van der Waals surface area contributed by atoms with Crippen LogP contribution >= 0.6 is 11.8 Å². The Bertz CT molecular complexity index is 898. The van der Waals surface area contributed by atoms with Crippen LogP contribution in [0, 0.1) is 5.92 Å². The van der Waals surface area contributed by atoms with Crippen LogP contribution in [0.25, 0.3) is 0 Å². The average molecular weight is 525 g/mol. The Morgan fingerprint density at radius 2 is 1.50 bits per heavy atom. The monoisotopic (exact) mass is 524 g/mol. The van der Waals surface area contributed by atoms with E-state index >= 15 is 0 Å². The predicted octanol–water partition coefficient (Wildman–Crippen LogP) is 0.369. The molecule has 1 rings (SSSR count). The number of carboxylic acid groups (broad SMARTS) is 2. The van der Waals surface area contributed by atoms with E-state index in [2.05, 4.69) is 16.0 Å². The van der Waals surface area contributed by atoms with Crippen molar-refractivity contribution in [1.82, 2.24) is 16.0 Å². The Morgan fingerprint density at radius 1 is 0.889 bits per heavy atom. The van der Waals surface area contributed by atoms with Crippen LogP contribution in [0.3, 0.4) is 0 Å². The van der Waals surface area contributed by atoms with Gasteiger partial charge in [-0.05, 0) is 36.3 Å². The molecule has 200 valence electrons. The van der Waals surface area contributed by atoms with E-state index < -0.39 is 53.8 Å². The van der Waals surface area contributed by atoms with Crippen molar-refractivity contribution >= 4 is 41.4 Å². The molecule has 11 nitrogen and oxygen atoms in total. The second-order valence-corrected chi connectivity index (χ2v) is 9.69. The number of hydrogen-bond donors (Lipinski definition) is 6. The Morgan fingerprint density at radius 3 is 2.03 bits per heavy atom. The van der Waals surface area contributed by atoms with Gasteiger partial charge in [-0.3, -0.25) is 19.2 Å². The van der Waals surface area contributed by atoms with E-state index in [4.69, 9.17) is 10.8 Å². The lowest BCUT2D eigenvalue weighted by atomic mass is 10.00. The Hall–Kier alpha value is -3.12. The molecule has 4 unspecified atom stereocenters. The van der Waals surface area contributed by atoms with Gasteiger partial charge in [-0.1, -0.05) is 44.2 Å². The number of aliphatic carboxylic acids is 2. The lowest BCUT2D eigenvalue weighted by Crippen LogP contribution is -2.59. The number of amides is 3. The summed E-state index contributed by atoms with van der Waals surface area (Å²) in [6.07, 6.45) is 1.74. The zero-order valence-corrected chi connectivity index (χ0v) is 21.5. The molecule has 0 spiro atoms. The van der Waals surface area contributed by atoms with Crippen molar-refractivity contribution in [1.29, 1.82) is 0 Å². The molecular weight excluding hydrogens is 488 g/mol. The molecule has 0 bridgehead atoms. The van der Waals surface area contributed by atoms with Crippen LogP contribution in [0.4, 0.5) is 0 Å². The smallest absolute Gasteiger partial charge is 0.326 e. The van der Waals surface area contributed by atoms with Crippen LogP contribution in [0.5, 0.6) is 0 Å². The number of carbonyl (C=O) groups excluding carboxylic acids is 3. The first-order valence-electron chi connectivity index (χ1n) is 11.6. The molecule has 0 aliphatic carbocycles. The standard InChI is InChI=1S/C24H36N4O7S/c1-14(2)20(23(33)26-17(24(34)35)11-12-36-3)28-22(32)18(13-15-7-5-4-6-8-15)27-21(31)16(25)9-10-19(29)30/h4-8,14,16-18,20H,9-13,25H2,1-3H3,(H,26,33)(H,27,31)(H,28,32)(H,29,30)(H,34,35). The Balaban J connectivity index is 3.03. The van der Waals surface area contributed by atoms with Gasteiger partial charge in [0.15, 0.2) is 0 Å². The molecule has 7 N–H and O–H groups in total. The van der Waals surface area contributed by atoms with Crippen molar-refractivity contribution in [2.75, 3.05) is 12.0 Å². The largest absolute Gasteiger partial charge is 0.481 e. The first kappa shape index (κ1) is 30.9. The van der Waals surface area contributed by atoms with Crippen molar-refractivity contribution in [3.63, 3.8) is 0 Å². The average Bonchev–Trinajstić information content (AvgIpc) is 2.82. The normalized spacial score (nSPS) is 14.2. The van der Waals surface area contributed by atoms with Crippen molar-refractivity contribution in [3.05, 3.63) is 35.9 Å². The number of carbonyl (C=O) groups is 5. The Kier molecular flexibility index (Phi) is 13.6. The fourth-order valence-electron chi connectivity index (χ4n) is 3.29. The Labute approximate surface area is 215 Å². The summed E-state index contributed by atoms with van der Waals surface area (Å²) >= 11 is 1.45. The fourth-order valence-corrected chi connectivity index (χ4v) is 3.76. The molecule has 0 heterocycles. The molecule has 0 radical (unpaired) electrons. The van der Waals surface area contributed by atoms with Crippen LogP contribution < -0.4 is 21.7 Å². The summed E-state index contributed by atoms with van der Waals surface area (Å²) in [6, 6.07) is 4.50. The molecule has 3 amide bonds. The summed E-state index contributed by atoms with van der Waals surface area (Å²) < 4.78 is 0. The van der Waals surface area contributed by atoms with Gasteiger partial charge in [0.1, 0.15) is 18.1 Å². The maximum atomic E-state index is 13.2. The quantitative estimate of drug-likeness (QED) is 0.177. The minimum Gasteiger partial charge on any atom is -0.481 e. The van der Waals surface area contributed by atoms with Gasteiger partial charge in [0.25, 0.3) is 0 Å². The summed E-state index contributed by atoms with van der Waals surface area (Å²) in [4.78, 5) is 61.0. The third kappa shape index (κ3) is 11.1. The highest BCUT2D eigenvalue weighted by molar-refractivity contribution is 7.98. The van der Waals surface area contributed by atoms with Crippen LogP contribution in [0.2, 0.25) is 0 Å². The number of hydrogen-bond acceptors (Lipinski definition) is 7. The van der Waals surface area contributed by atoms with Gasteiger partial charge < -0.3 is 31.9 Å². The number of thioether (sulfide) groups is 1. The third-order valence-electron chi connectivity index (χ3n) is 5.39. The summed E-state index contributed by atoms with van der Waals surface area (Å²) in [6.45, 7) is 3.41. The van der Waals surface area contributed by atoms with Gasteiger partial charge in [0.05, 0.1) is 6.04 Å². The number of nitrogens with one attached hydrogen (secondary N) is 3. The summed E-state index contributed by atoms with van der Waals surface area (Å²) in [7, 11) is 0. The molecule has 12 heteroatoms. The maximum Gasteiger partial charge on any atom is 0.326 e. The number of carboxylic acids is 2. The number of benzene rings is 1. The summed E-state index contributed by atoms with van der Waals surface area (Å²) in [5.74, 6) is -4.10. The number of nitrogens with two attached hydrogens (primary N) is 1. The SMILES string of the molecule is CSCCC(NC(=O)C(NC(=O)C(Cc1ccccc1)NC(=O)C(N)CCC(=O)O)C(C)C)C(=O)O. The minimum atomic E-state index is -1.17. The highest BCUT2D eigenvalue weighted by Crippen LogP contribution is 2.09. The minimum absolute atomic E-state index is 0.0992. The summed E-state index contributed by atoms with van der Waals surface area (Å²) in [5, 5.41) is 25.9. The molecule has 0 aliphatic heterocycles. The predicted molar refractivity (Wildman–Crippen MR) is 136 cm³/mol. The topological polar surface area (TPSA) is 188 Å². The molecule has 0 aromatic heterocycles. The second-order valence-electron chi connectivity index (χ2n) is 8.70. The van der Waals surface area contributed by atoms with E-state index in [-0.39, 0.29) is 31.6 Å². The summed E-state index contributed by atoms with van der Waals surface area (Å²) in [5.41, 5.74) is 6.54. The zero-order chi connectivity index (χ0) is 27.3. The molecule has 36 heavy (non-hydrogen) atoms. The molecule has 0 saturated carbocycles. The highest BCUT2D eigenvalue weighted by atomic mass is 32.2. The van der Waals surface area contributed by atoms with Gasteiger partial charge in [-0.2, -0.15) is 11.8 Å². The van der Waals surface area contributed by atoms with Crippen LogP contribution in [0.15, 0.2) is 30.3 Å². The van der Waals surface area contributed by atoms with Crippen LogP contribution in [0.1, 0.15) is 38.7 Å². The molecule has 0 saturated heterocycles. The van der Waals surface area contributed by atoms with Gasteiger partial charge >= 0.3 is 11.9 Å². The molecule has 1 aromatic carbocycles. The first-order chi connectivity index (χ1) is 17.0. The van der Waals surface area contributed by atoms with E-state index in [1.807, 2.05) is 6.26 Å². The molecule has 0 fully saturated rings. The van der Waals surface area contributed by atoms with E-state index in [1.165, 1.54) is 11.8 Å². The lowest BCUT2D eigenvalue weighted by molar-refractivity contribution is -0.142. The molecular formula is C24H36N4O7S. The van der Waals surface area contributed by atoms with Crippen molar-refractivity contribution in [3.8, 4) is 0 Å². The van der Waals surface area contributed by atoms with Gasteiger partial charge in [0.2, 0.25) is 17.7 Å². The molecule has 4 atom stereocenters.